The van der Waals surface area contributed by atoms with Gasteiger partial charge in [-0.15, -0.1) is 0 Å². The van der Waals surface area contributed by atoms with Crippen LogP contribution in [0.3, 0.4) is 0 Å². The van der Waals surface area contributed by atoms with Gasteiger partial charge in [-0.05, 0) is 0 Å². The molecular weight excluding hydrogens is 185 g/mol. The van der Waals surface area contributed by atoms with Crippen molar-refractivity contribution in [2.75, 3.05) is 0 Å². The van der Waals surface area contributed by atoms with E-state index in [9.17, 15) is 0 Å². The zero-order valence-electron chi connectivity index (χ0n) is 7.20. The molecule has 0 saturated carbocycles. The summed E-state index contributed by atoms with van der Waals surface area (Å²) in [6, 6.07) is 0. The summed E-state index contributed by atoms with van der Waals surface area (Å²) < 4.78 is 0. The molecule has 0 nitrogen and oxygen atoms in total. The fraction of sp³-hybridized carbons (Fsp3) is 0.750. The summed E-state index contributed by atoms with van der Waals surface area (Å²) in [6.45, 7) is 6.66. The fourth-order valence-corrected chi connectivity index (χ4v) is 0.604. The van der Waals surface area contributed by atoms with Crippen LogP contribution < -0.4 is 0 Å². The van der Waals surface area contributed by atoms with Gasteiger partial charge < -0.3 is 13.3 Å². The van der Waals surface area contributed by atoms with Crippen LogP contribution >= 0.6 is 0 Å². The molecular formula is C8H18Y-2. The van der Waals surface area contributed by atoms with E-state index in [0.717, 1.165) is 0 Å². The average Bonchev–Trinajstić information content (AvgIpc) is 1.68. The molecule has 0 aromatic rings. The molecule has 0 aromatic carbocycles. The van der Waals surface area contributed by atoms with Crippen LogP contribution in [0.4, 0.5) is 0 Å². The van der Waals surface area contributed by atoms with Crippen molar-refractivity contribution in [3.63, 3.8) is 0 Å². The zero-order chi connectivity index (χ0) is 5.70. The Balaban J connectivity index is -0.000000180. The summed E-state index contributed by atoms with van der Waals surface area (Å²) in [5, 5.41) is 0. The van der Waals surface area contributed by atoms with Crippen molar-refractivity contribution in [1.29, 1.82) is 0 Å². The van der Waals surface area contributed by atoms with E-state index in [-0.39, 0.29) is 40.1 Å². The van der Waals surface area contributed by atoms with Gasteiger partial charge in [0.2, 0.25) is 0 Å². The Bertz CT molecular complexity index is 35.5. The molecule has 0 bridgehead atoms. The molecule has 0 aliphatic heterocycles. The first-order valence-electron chi connectivity index (χ1n) is 3.12. The SMILES string of the molecule is CCC[C-](C)CC.[CH3-].[Y]. The largest absolute Gasteiger partial charge is 0.358 e. The molecule has 0 aliphatic carbocycles. The summed E-state index contributed by atoms with van der Waals surface area (Å²) in [5.41, 5.74) is 0. The minimum Gasteiger partial charge on any atom is -0.358 e. The maximum Gasteiger partial charge on any atom is 0 e. The third-order valence-electron chi connectivity index (χ3n) is 1.28. The molecule has 1 radical (unpaired) electrons. The molecule has 0 rings (SSSR count). The van der Waals surface area contributed by atoms with Crippen molar-refractivity contribution in [3.8, 4) is 0 Å². The monoisotopic (exact) mass is 203 g/mol. The second-order valence-electron chi connectivity index (χ2n) is 2.06. The second-order valence-corrected chi connectivity index (χ2v) is 2.06. The van der Waals surface area contributed by atoms with Crippen molar-refractivity contribution < 1.29 is 32.7 Å². The van der Waals surface area contributed by atoms with Gasteiger partial charge in [-0.2, -0.15) is 19.8 Å². The number of hydrogen-bond donors (Lipinski definition) is 0. The molecule has 0 unspecified atom stereocenters. The molecule has 0 aromatic heterocycles. The van der Waals surface area contributed by atoms with E-state index in [1.54, 1.807) is 5.92 Å². The van der Waals surface area contributed by atoms with Crippen molar-refractivity contribution >= 4 is 0 Å². The maximum atomic E-state index is 2.23. The summed E-state index contributed by atoms with van der Waals surface area (Å²) in [6.07, 6.45) is 3.88. The molecule has 0 aliphatic rings. The Labute approximate surface area is 85.7 Å². The molecule has 0 fully saturated rings. The van der Waals surface area contributed by atoms with E-state index < -0.39 is 0 Å². The van der Waals surface area contributed by atoms with Gasteiger partial charge in [0, 0.05) is 32.7 Å². The molecule has 1 heteroatoms. The Morgan fingerprint density at radius 2 is 1.67 bits per heavy atom. The van der Waals surface area contributed by atoms with Crippen LogP contribution in [-0.4, -0.2) is 0 Å². The first kappa shape index (κ1) is 16.6. The molecule has 0 atom stereocenters. The van der Waals surface area contributed by atoms with Gasteiger partial charge in [-0.3, -0.25) is 0 Å². The maximum absolute atomic E-state index is 2.23. The van der Waals surface area contributed by atoms with E-state index in [2.05, 4.69) is 20.8 Å². The third-order valence-corrected chi connectivity index (χ3v) is 1.28. The predicted octanol–water partition coefficient (Wildman–Crippen LogP) is 3.24. The molecule has 0 amide bonds. The van der Waals surface area contributed by atoms with Gasteiger partial charge in [-0.1, -0.05) is 20.3 Å². The van der Waals surface area contributed by atoms with E-state index in [0.29, 0.717) is 0 Å². The predicted molar refractivity (Wildman–Crippen MR) is 40.5 cm³/mol. The van der Waals surface area contributed by atoms with Crippen LogP contribution in [-0.2, 0) is 32.7 Å². The number of rotatable bonds is 3. The van der Waals surface area contributed by atoms with Gasteiger partial charge in [-0.25, -0.2) is 0 Å². The minimum absolute atomic E-state index is 0. The van der Waals surface area contributed by atoms with Crippen molar-refractivity contribution in [3.05, 3.63) is 13.3 Å². The molecule has 0 heterocycles. The standard InChI is InChI=1S/C7H15.CH3.Y/c1-4-6-7(3)5-2;;/h4-6H2,1-3H3;1H3;/q2*-1;. The normalized spacial score (nSPS) is 8.00. The third kappa shape index (κ3) is 12.3. The summed E-state index contributed by atoms with van der Waals surface area (Å²) in [5.74, 6) is 1.63. The quantitative estimate of drug-likeness (QED) is 0.617. The topological polar surface area (TPSA) is 0 Å². The molecule has 0 N–H and O–H groups in total. The first-order chi connectivity index (χ1) is 3.31. The second kappa shape index (κ2) is 11.8. The average molecular weight is 203 g/mol. The summed E-state index contributed by atoms with van der Waals surface area (Å²) >= 11 is 0. The molecule has 0 saturated heterocycles. The molecule has 0 spiro atoms. The van der Waals surface area contributed by atoms with Crippen LogP contribution in [0.5, 0.6) is 0 Å². The van der Waals surface area contributed by atoms with E-state index in [1.165, 1.54) is 19.3 Å². The smallest absolute Gasteiger partial charge is 0 e. The summed E-state index contributed by atoms with van der Waals surface area (Å²) in [4.78, 5) is 0. The Kier molecular flexibility index (Phi) is 21.8. The van der Waals surface area contributed by atoms with Crippen molar-refractivity contribution in [1.82, 2.24) is 0 Å². The van der Waals surface area contributed by atoms with Crippen molar-refractivity contribution in [2.45, 2.75) is 40.0 Å². The van der Waals surface area contributed by atoms with E-state index in [4.69, 9.17) is 0 Å². The van der Waals surface area contributed by atoms with E-state index >= 15 is 0 Å². The fourth-order valence-electron chi connectivity index (χ4n) is 0.604. The van der Waals surface area contributed by atoms with Crippen LogP contribution in [0.1, 0.15) is 40.0 Å². The van der Waals surface area contributed by atoms with Gasteiger partial charge in [0.15, 0.2) is 0 Å². The van der Waals surface area contributed by atoms with Crippen LogP contribution in [0.2, 0.25) is 0 Å². The van der Waals surface area contributed by atoms with Gasteiger partial charge in [0.05, 0.1) is 0 Å². The van der Waals surface area contributed by atoms with Gasteiger partial charge >= 0.3 is 0 Å². The van der Waals surface area contributed by atoms with Crippen LogP contribution in [0, 0.1) is 13.3 Å². The molecule has 55 valence electrons. The van der Waals surface area contributed by atoms with Gasteiger partial charge in [0.25, 0.3) is 0 Å². The minimum atomic E-state index is 0. The Morgan fingerprint density at radius 3 is 1.78 bits per heavy atom. The first-order valence-corrected chi connectivity index (χ1v) is 3.12. The zero-order valence-corrected chi connectivity index (χ0v) is 10.0. The Morgan fingerprint density at radius 1 is 1.22 bits per heavy atom. The van der Waals surface area contributed by atoms with E-state index in [1.807, 2.05) is 0 Å². The Hall–Kier alpha value is 1.10. The van der Waals surface area contributed by atoms with Crippen LogP contribution in [0.25, 0.3) is 0 Å². The number of hydrogen-bond acceptors (Lipinski definition) is 0. The summed E-state index contributed by atoms with van der Waals surface area (Å²) in [7, 11) is 0. The molecule has 9 heavy (non-hydrogen) atoms. The van der Waals surface area contributed by atoms with Gasteiger partial charge in [0.1, 0.15) is 0 Å². The van der Waals surface area contributed by atoms with Crippen LogP contribution in [0.15, 0.2) is 0 Å². The van der Waals surface area contributed by atoms with Crippen molar-refractivity contribution in [2.24, 2.45) is 0 Å².